The van der Waals surface area contributed by atoms with Crippen molar-refractivity contribution in [2.24, 2.45) is 5.73 Å². The van der Waals surface area contributed by atoms with E-state index in [0.717, 1.165) is 5.75 Å². The molecule has 0 unspecified atom stereocenters. The molecule has 20 heavy (non-hydrogen) atoms. The Bertz CT molecular complexity index is 638. The summed E-state index contributed by atoms with van der Waals surface area (Å²) in [4.78, 5) is 4.38. The lowest BCUT2D eigenvalue weighted by Gasteiger charge is -2.13. The van der Waals surface area contributed by atoms with Gasteiger partial charge in [-0.15, -0.1) is 0 Å². The second kappa shape index (κ2) is 6.01. The van der Waals surface area contributed by atoms with Crippen LogP contribution in [0, 0.1) is 6.92 Å². The molecule has 0 aliphatic rings. The molecule has 1 heterocycles. The highest BCUT2D eigenvalue weighted by Crippen LogP contribution is 2.28. The first-order valence-electron chi connectivity index (χ1n) is 6.52. The van der Waals surface area contributed by atoms with Gasteiger partial charge in [-0.1, -0.05) is 32.1 Å². The zero-order valence-electron chi connectivity index (χ0n) is 11.9. The van der Waals surface area contributed by atoms with Crippen molar-refractivity contribution in [3.63, 3.8) is 0 Å². The lowest BCUT2D eigenvalue weighted by Crippen LogP contribution is -2.12. The Kier molecular flexibility index (Phi) is 4.35. The summed E-state index contributed by atoms with van der Waals surface area (Å²) in [5.41, 5.74) is 8.68. The molecule has 0 saturated heterocycles. The molecule has 3 nitrogen and oxygen atoms in total. The van der Waals surface area contributed by atoms with Gasteiger partial charge in [0.2, 0.25) is 0 Å². The molecule has 0 radical (unpaired) electrons. The number of nitrogens with zero attached hydrogens (tertiary/aromatic N) is 1. The molecule has 0 aliphatic carbocycles. The van der Waals surface area contributed by atoms with Crippen LogP contribution in [0.4, 0.5) is 0 Å². The number of hydrogen-bond acceptors (Lipinski definition) is 3. The Labute approximate surface area is 124 Å². The van der Waals surface area contributed by atoms with Crippen LogP contribution >= 0.6 is 12.2 Å². The fourth-order valence-electron chi connectivity index (χ4n) is 2.14. The molecule has 2 rings (SSSR count). The highest BCUT2D eigenvalue weighted by Gasteiger charge is 2.10. The van der Waals surface area contributed by atoms with Crippen molar-refractivity contribution in [1.82, 2.24) is 4.98 Å². The maximum atomic E-state index is 5.86. The van der Waals surface area contributed by atoms with Crippen LogP contribution in [0.5, 0.6) is 11.5 Å². The maximum absolute atomic E-state index is 5.86. The molecule has 0 saturated carbocycles. The number of nitrogens with two attached hydrogens (primary N) is 1. The zero-order chi connectivity index (χ0) is 14.7. The van der Waals surface area contributed by atoms with Crippen LogP contribution in [0.2, 0.25) is 0 Å². The Balaban J connectivity index is 2.31. The molecule has 2 aromatic rings. The molecule has 1 aromatic carbocycles. The third kappa shape index (κ3) is 3.14. The topological polar surface area (TPSA) is 48.1 Å². The van der Waals surface area contributed by atoms with E-state index >= 15 is 0 Å². The molecule has 104 valence electrons. The molecular weight excluding hydrogens is 268 g/mol. The van der Waals surface area contributed by atoms with Gasteiger partial charge in [-0.05, 0) is 48.2 Å². The van der Waals surface area contributed by atoms with Gasteiger partial charge in [0, 0.05) is 6.20 Å². The smallest absolute Gasteiger partial charge is 0.156 e. The van der Waals surface area contributed by atoms with Gasteiger partial charge >= 0.3 is 0 Å². The van der Waals surface area contributed by atoms with Crippen molar-refractivity contribution in [2.75, 3.05) is 0 Å². The molecule has 0 bridgehead atoms. The van der Waals surface area contributed by atoms with E-state index in [1.807, 2.05) is 18.2 Å². The molecular formula is C16H18N2OS. The summed E-state index contributed by atoms with van der Waals surface area (Å²) in [6.45, 7) is 6.43. The first kappa shape index (κ1) is 14.5. The number of rotatable bonds is 4. The minimum Gasteiger partial charge on any atom is -0.455 e. The van der Waals surface area contributed by atoms with E-state index in [1.165, 1.54) is 11.1 Å². The predicted molar refractivity (Wildman–Crippen MR) is 85.5 cm³/mol. The summed E-state index contributed by atoms with van der Waals surface area (Å²) < 4.78 is 5.86. The van der Waals surface area contributed by atoms with Crippen LogP contribution in [0.1, 0.15) is 36.6 Å². The van der Waals surface area contributed by atoms with Crippen molar-refractivity contribution < 1.29 is 4.74 Å². The van der Waals surface area contributed by atoms with Crippen molar-refractivity contribution in [3.05, 3.63) is 53.3 Å². The highest BCUT2D eigenvalue weighted by molar-refractivity contribution is 7.80. The predicted octanol–water partition coefficient (Wildman–Crippen LogP) is 3.94. The van der Waals surface area contributed by atoms with Crippen LogP contribution < -0.4 is 10.5 Å². The minimum atomic E-state index is 0.233. The second-order valence-electron chi connectivity index (χ2n) is 4.99. The molecule has 0 spiro atoms. The average molecular weight is 286 g/mol. The van der Waals surface area contributed by atoms with E-state index in [9.17, 15) is 0 Å². The van der Waals surface area contributed by atoms with Crippen LogP contribution in [-0.4, -0.2) is 9.97 Å². The van der Waals surface area contributed by atoms with Crippen LogP contribution in [0.25, 0.3) is 0 Å². The second-order valence-corrected chi connectivity index (χ2v) is 5.43. The quantitative estimate of drug-likeness (QED) is 0.865. The van der Waals surface area contributed by atoms with Gasteiger partial charge in [-0.25, -0.2) is 4.98 Å². The molecule has 4 heteroatoms. The van der Waals surface area contributed by atoms with Crippen molar-refractivity contribution in [1.29, 1.82) is 0 Å². The van der Waals surface area contributed by atoms with Gasteiger partial charge in [-0.3, -0.25) is 0 Å². The van der Waals surface area contributed by atoms with Crippen LogP contribution in [0.3, 0.4) is 0 Å². The third-order valence-corrected chi connectivity index (χ3v) is 3.29. The normalized spacial score (nSPS) is 10.6. The molecule has 0 amide bonds. The van der Waals surface area contributed by atoms with Crippen LogP contribution in [0.15, 0.2) is 36.5 Å². The van der Waals surface area contributed by atoms with Crippen LogP contribution in [-0.2, 0) is 0 Å². The average Bonchev–Trinajstić information content (AvgIpc) is 2.38. The standard InChI is InChI=1S/C16H18N2OS/c1-10(2)13-7-6-12(9-11(13)3)19-14-5-4-8-18-15(14)16(17)20/h4-10H,1-3H3,(H2,17,20). The van der Waals surface area contributed by atoms with Gasteiger partial charge < -0.3 is 10.5 Å². The number of pyridine rings is 1. The van der Waals surface area contributed by atoms with Gasteiger partial charge in [0.1, 0.15) is 16.4 Å². The number of thiocarbonyl (C=S) groups is 1. The van der Waals surface area contributed by atoms with Crippen molar-refractivity contribution in [3.8, 4) is 11.5 Å². The summed E-state index contributed by atoms with van der Waals surface area (Å²) in [5, 5.41) is 0. The SMILES string of the molecule is Cc1cc(Oc2cccnc2C(N)=S)ccc1C(C)C. The fraction of sp³-hybridized carbons (Fsp3) is 0.250. The van der Waals surface area contributed by atoms with E-state index < -0.39 is 0 Å². The summed E-state index contributed by atoms with van der Waals surface area (Å²) in [6, 6.07) is 9.68. The summed E-state index contributed by atoms with van der Waals surface area (Å²) in [7, 11) is 0. The van der Waals surface area contributed by atoms with Crippen molar-refractivity contribution in [2.45, 2.75) is 26.7 Å². The monoisotopic (exact) mass is 286 g/mol. The lowest BCUT2D eigenvalue weighted by atomic mass is 9.98. The Hall–Kier alpha value is -1.94. The highest BCUT2D eigenvalue weighted by atomic mass is 32.1. The number of ether oxygens (including phenoxy) is 1. The van der Waals surface area contributed by atoms with Gasteiger partial charge in [0.15, 0.2) is 5.75 Å². The lowest BCUT2D eigenvalue weighted by molar-refractivity contribution is 0.478. The van der Waals surface area contributed by atoms with E-state index in [0.29, 0.717) is 17.4 Å². The fourth-order valence-corrected chi connectivity index (χ4v) is 2.30. The number of aryl methyl sites for hydroxylation is 1. The molecule has 2 N–H and O–H groups in total. The largest absolute Gasteiger partial charge is 0.455 e. The number of aromatic nitrogens is 1. The Morgan fingerprint density at radius 1 is 1.30 bits per heavy atom. The Morgan fingerprint density at radius 2 is 2.05 bits per heavy atom. The zero-order valence-corrected chi connectivity index (χ0v) is 12.7. The first-order chi connectivity index (χ1) is 9.49. The maximum Gasteiger partial charge on any atom is 0.156 e. The third-order valence-electron chi connectivity index (χ3n) is 3.10. The Morgan fingerprint density at radius 3 is 2.65 bits per heavy atom. The number of hydrogen-bond donors (Lipinski definition) is 1. The molecule has 1 aromatic heterocycles. The first-order valence-corrected chi connectivity index (χ1v) is 6.93. The summed E-state index contributed by atoms with van der Waals surface area (Å²) in [6.07, 6.45) is 1.65. The van der Waals surface area contributed by atoms with Crippen molar-refractivity contribution >= 4 is 17.2 Å². The van der Waals surface area contributed by atoms with E-state index in [-0.39, 0.29) is 4.99 Å². The summed E-state index contributed by atoms with van der Waals surface area (Å²) >= 11 is 4.98. The molecule has 0 aliphatic heterocycles. The minimum absolute atomic E-state index is 0.233. The van der Waals surface area contributed by atoms with Gasteiger partial charge in [0.05, 0.1) is 0 Å². The van der Waals surface area contributed by atoms with E-state index in [4.69, 9.17) is 22.7 Å². The summed E-state index contributed by atoms with van der Waals surface area (Å²) in [5.74, 6) is 1.84. The van der Waals surface area contributed by atoms with E-state index in [2.05, 4.69) is 31.8 Å². The molecule has 0 fully saturated rings. The van der Waals surface area contributed by atoms with E-state index in [1.54, 1.807) is 12.3 Å². The van der Waals surface area contributed by atoms with Gasteiger partial charge in [0.25, 0.3) is 0 Å². The number of benzene rings is 1. The van der Waals surface area contributed by atoms with Gasteiger partial charge in [-0.2, -0.15) is 0 Å². The molecule has 0 atom stereocenters.